The molecule has 1 saturated heterocycles. The molecule has 1 aromatic rings. The van der Waals surface area contributed by atoms with Gasteiger partial charge in [-0.25, -0.2) is 0 Å². The van der Waals surface area contributed by atoms with Gasteiger partial charge in [0, 0.05) is 36.1 Å². The molecule has 3 rings (SSSR count). The summed E-state index contributed by atoms with van der Waals surface area (Å²) in [4.78, 5) is 3.97. The molecule has 0 radical (unpaired) electrons. The average molecular weight is 285 g/mol. The van der Waals surface area contributed by atoms with Gasteiger partial charge in [0.1, 0.15) is 0 Å². The summed E-state index contributed by atoms with van der Waals surface area (Å²) < 4.78 is 0. The molecule has 1 N–H and O–H groups in total. The zero-order chi connectivity index (χ0) is 12.8. The van der Waals surface area contributed by atoms with Crippen LogP contribution in [0.3, 0.4) is 0 Å². The maximum Gasteiger partial charge on any atom is 0.0558 e. The largest absolute Gasteiger partial charge is 0.311 e. The molecular formula is C14H21ClN2S. The lowest BCUT2D eigenvalue weighted by atomic mass is 9.89. The number of nitrogens with zero attached hydrogens (tertiary/aromatic N) is 1. The Kier molecular flexibility index (Phi) is 3.43. The van der Waals surface area contributed by atoms with Crippen molar-refractivity contribution in [2.75, 3.05) is 13.1 Å². The lowest BCUT2D eigenvalue weighted by Gasteiger charge is -2.48. The van der Waals surface area contributed by atoms with E-state index < -0.39 is 0 Å². The zero-order valence-corrected chi connectivity index (χ0v) is 12.7. The Labute approximate surface area is 118 Å². The Morgan fingerprint density at radius 3 is 2.94 bits per heavy atom. The van der Waals surface area contributed by atoms with Crippen LogP contribution in [0.1, 0.15) is 31.6 Å². The quantitative estimate of drug-likeness (QED) is 0.916. The minimum absolute atomic E-state index is 0.319. The maximum absolute atomic E-state index is 6.25. The molecule has 2 atom stereocenters. The van der Waals surface area contributed by atoms with Gasteiger partial charge in [0.05, 0.1) is 5.02 Å². The average Bonchev–Trinajstić information content (AvgIpc) is 3.11. The van der Waals surface area contributed by atoms with E-state index in [1.54, 1.807) is 11.3 Å². The summed E-state index contributed by atoms with van der Waals surface area (Å²) in [5, 5.41) is 6.68. The molecule has 0 aromatic carbocycles. The van der Waals surface area contributed by atoms with Gasteiger partial charge in [0.25, 0.3) is 0 Å². The number of piperazine rings is 1. The highest BCUT2D eigenvalue weighted by Crippen LogP contribution is 2.44. The van der Waals surface area contributed by atoms with E-state index in [1.807, 2.05) is 6.07 Å². The van der Waals surface area contributed by atoms with Crippen LogP contribution in [0.5, 0.6) is 0 Å². The Balaban J connectivity index is 1.79. The fourth-order valence-electron chi connectivity index (χ4n) is 3.06. The Morgan fingerprint density at radius 1 is 1.56 bits per heavy atom. The highest BCUT2D eigenvalue weighted by atomic mass is 35.5. The minimum Gasteiger partial charge on any atom is -0.311 e. The second-order valence-corrected chi connectivity index (χ2v) is 7.39. The lowest BCUT2D eigenvalue weighted by Crippen LogP contribution is -2.63. The van der Waals surface area contributed by atoms with Crippen LogP contribution in [0.2, 0.25) is 5.02 Å². The molecule has 1 aliphatic heterocycles. The first kappa shape index (κ1) is 12.9. The van der Waals surface area contributed by atoms with E-state index >= 15 is 0 Å². The SMILES string of the molecule is CC1CN(Cc2sccc2Cl)C(C)(C2CC2)CN1. The van der Waals surface area contributed by atoms with Crippen molar-refractivity contribution in [2.24, 2.45) is 5.92 Å². The summed E-state index contributed by atoms with van der Waals surface area (Å²) in [7, 11) is 0. The van der Waals surface area contributed by atoms with Crippen LogP contribution in [0, 0.1) is 5.92 Å². The number of hydrogen-bond acceptors (Lipinski definition) is 3. The summed E-state index contributed by atoms with van der Waals surface area (Å²) >= 11 is 8.04. The highest BCUT2D eigenvalue weighted by Gasteiger charge is 2.47. The summed E-state index contributed by atoms with van der Waals surface area (Å²) in [5.74, 6) is 0.872. The molecule has 2 aliphatic rings. The van der Waals surface area contributed by atoms with E-state index in [-0.39, 0.29) is 0 Å². The van der Waals surface area contributed by atoms with Crippen LogP contribution in [-0.2, 0) is 6.54 Å². The molecule has 0 amide bonds. The molecule has 0 spiro atoms. The highest BCUT2D eigenvalue weighted by molar-refractivity contribution is 7.10. The first-order valence-electron chi connectivity index (χ1n) is 6.80. The van der Waals surface area contributed by atoms with Crippen molar-refractivity contribution in [1.29, 1.82) is 0 Å². The van der Waals surface area contributed by atoms with Crippen LogP contribution in [0.15, 0.2) is 11.4 Å². The molecule has 2 unspecified atom stereocenters. The van der Waals surface area contributed by atoms with E-state index in [4.69, 9.17) is 11.6 Å². The van der Waals surface area contributed by atoms with E-state index in [0.29, 0.717) is 11.6 Å². The van der Waals surface area contributed by atoms with Crippen molar-refractivity contribution in [1.82, 2.24) is 10.2 Å². The van der Waals surface area contributed by atoms with Crippen molar-refractivity contribution < 1.29 is 0 Å². The van der Waals surface area contributed by atoms with Gasteiger partial charge in [0.2, 0.25) is 0 Å². The van der Waals surface area contributed by atoms with Gasteiger partial charge in [-0.1, -0.05) is 11.6 Å². The number of hydrogen-bond donors (Lipinski definition) is 1. The molecule has 1 aliphatic carbocycles. The third-order valence-electron chi connectivity index (χ3n) is 4.51. The minimum atomic E-state index is 0.319. The smallest absolute Gasteiger partial charge is 0.0558 e. The van der Waals surface area contributed by atoms with Gasteiger partial charge in [-0.05, 0) is 44.1 Å². The number of thiophene rings is 1. The van der Waals surface area contributed by atoms with Gasteiger partial charge >= 0.3 is 0 Å². The standard InChI is InChI=1S/C14H21ClN2S/c1-10-7-17(8-13-12(15)5-6-18-13)14(2,9-16-10)11-3-4-11/h5-6,10-11,16H,3-4,7-9H2,1-2H3. The van der Waals surface area contributed by atoms with Crippen molar-refractivity contribution in [3.8, 4) is 0 Å². The maximum atomic E-state index is 6.25. The molecule has 18 heavy (non-hydrogen) atoms. The second-order valence-electron chi connectivity index (χ2n) is 5.99. The van der Waals surface area contributed by atoms with Crippen molar-refractivity contribution >= 4 is 22.9 Å². The molecule has 1 saturated carbocycles. The number of halogens is 1. The van der Waals surface area contributed by atoms with Crippen molar-refractivity contribution in [3.05, 3.63) is 21.3 Å². The Morgan fingerprint density at radius 2 is 2.33 bits per heavy atom. The predicted molar refractivity (Wildman–Crippen MR) is 78.3 cm³/mol. The molecule has 2 nitrogen and oxygen atoms in total. The van der Waals surface area contributed by atoms with Crippen molar-refractivity contribution in [2.45, 2.75) is 44.8 Å². The van der Waals surface area contributed by atoms with Crippen molar-refractivity contribution in [3.63, 3.8) is 0 Å². The third-order valence-corrected chi connectivity index (χ3v) is 5.88. The van der Waals surface area contributed by atoms with E-state index in [0.717, 1.165) is 30.6 Å². The van der Waals surface area contributed by atoms with Crippen LogP contribution in [0.4, 0.5) is 0 Å². The van der Waals surface area contributed by atoms with Gasteiger partial charge in [-0.2, -0.15) is 0 Å². The topological polar surface area (TPSA) is 15.3 Å². The number of nitrogens with one attached hydrogen (secondary N) is 1. The van der Waals surface area contributed by atoms with Crippen LogP contribution in [-0.4, -0.2) is 29.6 Å². The molecule has 1 aromatic heterocycles. The Hall–Kier alpha value is -0.0900. The Bertz CT molecular complexity index is 429. The molecule has 0 bridgehead atoms. The van der Waals surface area contributed by atoms with E-state index in [9.17, 15) is 0 Å². The molecule has 2 fully saturated rings. The van der Waals surface area contributed by atoms with Crippen LogP contribution < -0.4 is 5.32 Å². The molecular weight excluding hydrogens is 264 g/mol. The molecule has 2 heterocycles. The fraction of sp³-hybridized carbons (Fsp3) is 0.714. The molecule has 100 valence electrons. The van der Waals surface area contributed by atoms with E-state index in [2.05, 4.69) is 29.4 Å². The molecule has 4 heteroatoms. The number of rotatable bonds is 3. The summed E-state index contributed by atoms with van der Waals surface area (Å²) in [6, 6.07) is 2.59. The lowest BCUT2D eigenvalue weighted by molar-refractivity contribution is 0.0321. The first-order valence-corrected chi connectivity index (χ1v) is 8.05. The zero-order valence-electron chi connectivity index (χ0n) is 11.1. The monoisotopic (exact) mass is 284 g/mol. The first-order chi connectivity index (χ1) is 8.59. The van der Waals surface area contributed by atoms with Crippen LogP contribution in [0.25, 0.3) is 0 Å². The van der Waals surface area contributed by atoms with Gasteiger partial charge in [-0.15, -0.1) is 11.3 Å². The summed E-state index contributed by atoms with van der Waals surface area (Å²) in [6.07, 6.45) is 2.78. The third kappa shape index (κ3) is 2.34. The van der Waals surface area contributed by atoms with Gasteiger partial charge < -0.3 is 5.32 Å². The second kappa shape index (κ2) is 4.78. The predicted octanol–water partition coefficient (Wildman–Crippen LogP) is 3.36. The summed E-state index contributed by atoms with van der Waals surface area (Å²) in [6.45, 7) is 7.94. The normalized spacial score (nSPS) is 33.8. The van der Waals surface area contributed by atoms with E-state index in [1.165, 1.54) is 17.7 Å². The van der Waals surface area contributed by atoms with Gasteiger partial charge in [0.15, 0.2) is 0 Å². The fourth-order valence-corrected chi connectivity index (χ4v) is 4.17. The van der Waals surface area contributed by atoms with Gasteiger partial charge in [-0.3, -0.25) is 4.90 Å². The summed E-state index contributed by atoms with van der Waals surface area (Å²) in [5.41, 5.74) is 0.319. The van der Waals surface area contributed by atoms with Crippen LogP contribution >= 0.6 is 22.9 Å².